The van der Waals surface area contributed by atoms with Crippen molar-refractivity contribution >= 4 is 0 Å². The van der Waals surface area contributed by atoms with E-state index >= 15 is 0 Å². The number of nitrogens with two attached hydrogens (primary N) is 1. The Hall–Kier alpha value is -1.26. The van der Waals surface area contributed by atoms with Crippen LogP contribution in [0.1, 0.15) is 44.7 Å². The molecule has 2 aliphatic rings. The minimum absolute atomic E-state index is 0.0208. The van der Waals surface area contributed by atoms with Crippen LogP contribution in [0.4, 0.5) is 0 Å². The number of nitrogens with zero attached hydrogens (tertiary/aromatic N) is 1. The first-order chi connectivity index (χ1) is 9.65. The van der Waals surface area contributed by atoms with Crippen LogP contribution in [0, 0.1) is 0 Å². The summed E-state index contributed by atoms with van der Waals surface area (Å²) in [4.78, 5) is 2.54. The Morgan fingerprint density at radius 3 is 2.65 bits per heavy atom. The summed E-state index contributed by atoms with van der Waals surface area (Å²) in [6.07, 6.45) is 3.88. The van der Waals surface area contributed by atoms with Crippen LogP contribution in [0.5, 0.6) is 11.5 Å². The van der Waals surface area contributed by atoms with Gasteiger partial charge in [0.15, 0.2) is 11.5 Å². The fourth-order valence-corrected chi connectivity index (χ4v) is 3.31. The fraction of sp³-hybridized carbons (Fsp3) is 0.625. The molecule has 2 aliphatic heterocycles. The predicted octanol–water partition coefficient (Wildman–Crippen LogP) is 2.68. The molecule has 4 nitrogen and oxygen atoms in total. The number of ether oxygens (including phenoxy) is 2. The third-order valence-corrected chi connectivity index (χ3v) is 4.61. The lowest BCUT2D eigenvalue weighted by Gasteiger charge is -2.40. The van der Waals surface area contributed by atoms with Gasteiger partial charge < -0.3 is 15.2 Å². The van der Waals surface area contributed by atoms with Gasteiger partial charge in [0, 0.05) is 24.7 Å². The minimum Gasteiger partial charge on any atom is -0.454 e. The van der Waals surface area contributed by atoms with Gasteiger partial charge in [0.25, 0.3) is 0 Å². The topological polar surface area (TPSA) is 47.7 Å². The van der Waals surface area contributed by atoms with E-state index in [1.807, 2.05) is 12.1 Å². The highest BCUT2D eigenvalue weighted by Crippen LogP contribution is 2.34. The number of likely N-dealkylation sites (tertiary alicyclic amines) is 1. The summed E-state index contributed by atoms with van der Waals surface area (Å²) in [5.74, 6) is 1.64. The second kappa shape index (κ2) is 5.62. The first-order valence-corrected chi connectivity index (χ1v) is 7.56. The number of hydrogen-bond donors (Lipinski definition) is 1. The largest absolute Gasteiger partial charge is 0.454 e. The van der Waals surface area contributed by atoms with E-state index in [0.29, 0.717) is 18.9 Å². The van der Waals surface area contributed by atoms with Gasteiger partial charge in [-0.05, 0) is 44.4 Å². The molecule has 0 spiro atoms. The average Bonchev–Trinajstić information content (AvgIpc) is 2.90. The Kier molecular flexibility index (Phi) is 3.85. The molecule has 1 aromatic carbocycles. The SMILES string of the molecule is C[C@@H]1CCC[C@H](C)N1CC(N)c1ccc2c(c1)OCO2. The number of piperidine rings is 1. The van der Waals surface area contributed by atoms with Gasteiger partial charge in [-0.3, -0.25) is 4.90 Å². The lowest BCUT2D eigenvalue weighted by atomic mass is 9.95. The second-order valence-corrected chi connectivity index (χ2v) is 6.04. The van der Waals surface area contributed by atoms with Crippen molar-refractivity contribution in [3.63, 3.8) is 0 Å². The molecule has 3 atom stereocenters. The molecule has 2 heterocycles. The summed E-state index contributed by atoms with van der Waals surface area (Å²) in [5, 5.41) is 0. The van der Waals surface area contributed by atoms with Crippen LogP contribution in [0.3, 0.4) is 0 Å². The molecule has 1 fully saturated rings. The van der Waals surface area contributed by atoms with Crippen LogP contribution in [-0.4, -0.2) is 30.3 Å². The van der Waals surface area contributed by atoms with Crippen molar-refractivity contribution in [3.05, 3.63) is 23.8 Å². The molecule has 1 saturated heterocycles. The minimum atomic E-state index is 0.0208. The molecular formula is C16H24N2O2. The van der Waals surface area contributed by atoms with Crippen molar-refractivity contribution in [2.75, 3.05) is 13.3 Å². The highest BCUT2D eigenvalue weighted by atomic mass is 16.7. The summed E-state index contributed by atoms with van der Waals surface area (Å²) in [6, 6.07) is 7.30. The summed E-state index contributed by atoms with van der Waals surface area (Å²) in [7, 11) is 0. The normalized spacial score (nSPS) is 27.6. The van der Waals surface area contributed by atoms with E-state index in [9.17, 15) is 0 Å². The van der Waals surface area contributed by atoms with Crippen molar-refractivity contribution in [2.24, 2.45) is 5.73 Å². The predicted molar refractivity (Wildman–Crippen MR) is 79.0 cm³/mol. The van der Waals surface area contributed by atoms with Crippen molar-refractivity contribution in [2.45, 2.75) is 51.2 Å². The maximum Gasteiger partial charge on any atom is 0.231 e. The van der Waals surface area contributed by atoms with Gasteiger partial charge in [-0.1, -0.05) is 12.5 Å². The van der Waals surface area contributed by atoms with Gasteiger partial charge in [0.2, 0.25) is 6.79 Å². The molecule has 110 valence electrons. The van der Waals surface area contributed by atoms with E-state index in [1.54, 1.807) is 0 Å². The number of hydrogen-bond acceptors (Lipinski definition) is 4. The van der Waals surface area contributed by atoms with Crippen molar-refractivity contribution in [1.82, 2.24) is 4.90 Å². The molecule has 1 aromatic rings. The third-order valence-electron chi connectivity index (χ3n) is 4.61. The standard InChI is InChI=1S/C16H24N2O2/c1-11-4-3-5-12(2)18(11)9-14(17)13-6-7-15-16(8-13)20-10-19-15/h6-8,11-12,14H,3-5,9-10,17H2,1-2H3/t11-,12+,14?. The number of benzene rings is 1. The Balaban J connectivity index is 1.70. The van der Waals surface area contributed by atoms with E-state index in [2.05, 4.69) is 24.8 Å². The van der Waals surface area contributed by atoms with Crippen LogP contribution in [0.15, 0.2) is 18.2 Å². The molecule has 1 unspecified atom stereocenters. The number of fused-ring (bicyclic) bond motifs is 1. The first kappa shape index (κ1) is 13.7. The highest BCUT2D eigenvalue weighted by molar-refractivity contribution is 5.45. The lowest BCUT2D eigenvalue weighted by molar-refractivity contribution is 0.0961. The number of rotatable bonds is 3. The summed E-state index contributed by atoms with van der Waals surface area (Å²) in [5.41, 5.74) is 7.53. The Bertz CT molecular complexity index is 468. The molecule has 0 aliphatic carbocycles. The van der Waals surface area contributed by atoms with E-state index in [0.717, 1.165) is 23.6 Å². The smallest absolute Gasteiger partial charge is 0.231 e. The molecule has 20 heavy (non-hydrogen) atoms. The van der Waals surface area contributed by atoms with Crippen molar-refractivity contribution in [1.29, 1.82) is 0 Å². The van der Waals surface area contributed by atoms with Crippen molar-refractivity contribution < 1.29 is 9.47 Å². The van der Waals surface area contributed by atoms with Crippen LogP contribution in [-0.2, 0) is 0 Å². The van der Waals surface area contributed by atoms with E-state index in [1.165, 1.54) is 19.3 Å². The highest BCUT2D eigenvalue weighted by Gasteiger charge is 2.27. The molecular weight excluding hydrogens is 252 g/mol. The zero-order valence-corrected chi connectivity index (χ0v) is 12.3. The Morgan fingerprint density at radius 2 is 1.90 bits per heavy atom. The third kappa shape index (κ3) is 2.63. The molecule has 2 N–H and O–H groups in total. The molecule has 0 saturated carbocycles. The van der Waals surface area contributed by atoms with Gasteiger partial charge in [0.05, 0.1) is 0 Å². The molecule has 0 aromatic heterocycles. The zero-order valence-electron chi connectivity index (χ0n) is 12.3. The Labute approximate surface area is 120 Å². The molecule has 0 bridgehead atoms. The first-order valence-electron chi connectivity index (χ1n) is 7.56. The molecule has 3 rings (SSSR count). The fourth-order valence-electron chi connectivity index (χ4n) is 3.31. The van der Waals surface area contributed by atoms with E-state index in [4.69, 9.17) is 15.2 Å². The lowest BCUT2D eigenvalue weighted by Crippen LogP contribution is -2.46. The van der Waals surface area contributed by atoms with Gasteiger partial charge in [-0.15, -0.1) is 0 Å². The van der Waals surface area contributed by atoms with Crippen LogP contribution in [0.25, 0.3) is 0 Å². The average molecular weight is 276 g/mol. The maximum absolute atomic E-state index is 6.41. The maximum atomic E-state index is 6.41. The Morgan fingerprint density at radius 1 is 1.20 bits per heavy atom. The molecule has 4 heteroatoms. The van der Waals surface area contributed by atoms with Gasteiger partial charge >= 0.3 is 0 Å². The van der Waals surface area contributed by atoms with E-state index < -0.39 is 0 Å². The van der Waals surface area contributed by atoms with Crippen molar-refractivity contribution in [3.8, 4) is 11.5 Å². The van der Waals surface area contributed by atoms with Gasteiger partial charge in [0.1, 0.15) is 0 Å². The zero-order chi connectivity index (χ0) is 14.1. The summed E-state index contributed by atoms with van der Waals surface area (Å²) < 4.78 is 10.8. The molecule has 0 amide bonds. The van der Waals surface area contributed by atoms with Gasteiger partial charge in [-0.25, -0.2) is 0 Å². The van der Waals surface area contributed by atoms with Crippen LogP contribution in [0.2, 0.25) is 0 Å². The monoisotopic (exact) mass is 276 g/mol. The quantitative estimate of drug-likeness (QED) is 0.922. The summed E-state index contributed by atoms with van der Waals surface area (Å²) in [6.45, 7) is 5.83. The second-order valence-electron chi connectivity index (χ2n) is 6.04. The van der Waals surface area contributed by atoms with Crippen LogP contribution < -0.4 is 15.2 Å². The molecule has 0 radical (unpaired) electrons. The summed E-state index contributed by atoms with van der Waals surface area (Å²) >= 11 is 0. The van der Waals surface area contributed by atoms with Gasteiger partial charge in [-0.2, -0.15) is 0 Å². The van der Waals surface area contributed by atoms with Crippen LogP contribution >= 0.6 is 0 Å². The van der Waals surface area contributed by atoms with E-state index in [-0.39, 0.29) is 6.04 Å².